The van der Waals surface area contributed by atoms with Gasteiger partial charge in [-0.15, -0.1) is 24.0 Å². The van der Waals surface area contributed by atoms with Crippen molar-refractivity contribution in [3.05, 3.63) is 54.0 Å². The number of likely N-dealkylation sites (tertiary alicyclic amines) is 1. The van der Waals surface area contributed by atoms with Gasteiger partial charge in [-0.05, 0) is 75.5 Å². The molecule has 170 valence electrons. The molecule has 2 aromatic rings. The fraction of sp³-hybridized carbons (Fsp3) is 0.542. The number of guanidine groups is 1. The van der Waals surface area contributed by atoms with Gasteiger partial charge in [0.25, 0.3) is 0 Å². The Bertz CT molecular complexity index is 813. The van der Waals surface area contributed by atoms with Gasteiger partial charge in [0.2, 0.25) is 0 Å². The summed E-state index contributed by atoms with van der Waals surface area (Å²) >= 11 is 0. The predicted octanol–water partition coefficient (Wildman–Crippen LogP) is 4.56. The van der Waals surface area contributed by atoms with E-state index in [1.165, 1.54) is 50.0 Å². The molecule has 0 saturated carbocycles. The third kappa shape index (κ3) is 6.16. The zero-order chi connectivity index (χ0) is 20.8. The third-order valence-corrected chi connectivity index (χ3v) is 6.33. The lowest BCUT2D eigenvalue weighted by atomic mass is 10.1. The number of halogens is 1. The number of anilines is 1. The smallest absolute Gasteiger partial charge is 0.191 e. The largest absolute Gasteiger partial charge is 0.468 e. The van der Waals surface area contributed by atoms with E-state index in [2.05, 4.69) is 62.7 Å². The van der Waals surface area contributed by atoms with E-state index in [0.29, 0.717) is 0 Å². The summed E-state index contributed by atoms with van der Waals surface area (Å²) < 4.78 is 5.74. The molecular formula is C24H36IN5O. The van der Waals surface area contributed by atoms with Gasteiger partial charge in [0.15, 0.2) is 5.96 Å². The Kier molecular flexibility index (Phi) is 9.07. The van der Waals surface area contributed by atoms with Crippen molar-refractivity contribution in [2.75, 3.05) is 44.7 Å². The maximum absolute atomic E-state index is 5.74. The Morgan fingerprint density at radius 3 is 2.48 bits per heavy atom. The van der Waals surface area contributed by atoms with Crippen molar-refractivity contribution in [1.29, 1.82) is 0 Å². The molecular weight excluding hydrogens is 501 g/mol. The molecule has 3 heterocycles. The van der Waals surface area contributed by atoms with Crippen molar-refractivity contribution in [1.82, 2.24) is 15.5 Å². The van der Waals surface area contributed by atoms with E-state index in [1.807, 2.05) is 13.1 Å². The van der Waals surface area contributed by atoms with Crippen LogP contribution >= 0.6 is 24.0 Å². The Hall–Kier alpha value is -1.74. The van der Waals surface area contributed by atoms with Crippen molar-refractivity contribution < 1.29 is 4.42 Å². The van der Waals surface area contributed by atoms with Crippen LogP contribution in [-0.4, -0.2) is 50.6 Å². The summed E-state index contributed by atoms with van der Waals surface area (Å²) in [5.74, 6) is 1.84. The molecule has 1 aromatic heterocycles. The first-order valence-electron chi connectivity index (χ1n) is 11.3. The molecule has 0 bridgehead atoms. The average molecular weight is 537 g/mol. The second-order valence-corrected chi connectivity index (χ2v) is 8.38. The van der Waals surface area contributed by atoms with E-state index < -0.39 is 0 Å². The molecule has 0 aliphatic carbocycles. The average Bonchev–Trinajstić information content (AvgIpc) is 3.57. The summed E-state index contributed by atoms with van der Waals surface area (Å²) in [7, 11) is 1.83. The monoisotopic (exact) mass is 537 g/mol. The predicted molar refractivity (Wildman–Crippen MR) is 138 cm³/mol. The molecule has 0 spiro atoms. The summed E-state index contributed by atoms with van der Waals surface area (Å²) in [6.07, 6.45) is 6.87. The Labute approximate surface area is 203 Å². The standard InChI is InChI=1S/C24H35N5O.HI/c1-19(20-9-7-10-21(17-20)28-12-3-4-13-28)27-24(25-2)26-18-22(23-11-8-16-30-23)29-14-5-6-15-29;/h7-11,16-17,19,22H,3-6,12-15,18H2,1-2H3,(H2,25,26,27);1H. The molecule has 1 aromatic carbocycles. The first-order chi connectivity index (χ1) is 14.7. The summed E-state index contributed by atoms with van der Waals surface area (Å²) in [5, 5.41) is 7.10. The molecule has 0 amide bonds. The van der Waals surface area contributed by atoms with Crippen molar-refractivity contribution in [2.45, 2.75) is 44.7 Å². The van der Waals surface area contributed by atoms with E-state index in [1.54, 1.807) is 6.26 Å². The maximum Gasteiger partial charge on any atom is 0.191 e. The highest BCUT2D eigenvalue weighted by molar-refractivity contribution is 14.0. The molecule has 2 saturated heterocycles. The number of furan rings is 1. The fourth-order valence-corrected chi connectivity index (χ4v) is 4.59. The van der Waals surface area contributed by atoms with Crippen molar-refractivity contribution in [3.63, 3.8) is 0 Å². The molecule has 2 N–H and O–H groups in total. The lowest BCUT2D eigenvalue weighted by Crippen LogP contribution is -2.43. The van der Waals surface area contributed by atoms with Crippen LogP contribution in [0.3, 0.4) is 0 Å². The summed E-state index contributed by atoms with van der Waals surface area (Å²) in [6, 6.07) is 13.3. The van der Waals surface area contributed by atoms with Crippen LogP contribution in [-0.2, 0) is 0 Å². The minimum Gasteiger partial charge on any atom is -0.468 e. The summed E-state index contributed by atoms with van der Waals surface area (Å²) in [5.41, 5.74) is 2.61. The maximum atomic E-state index is 5.74. The lowest BCUT2D eigenvalue weighted by molar-refractivity contribution is 0.215. The number of nitrogens with one attached hydrogen (secondary N) is 2. The van der Waals surface area contributed by atoms with Crippen molar-refractivity contribution >= 4 is 35.6 Å². The van der Waals surface area contributed by atoms with Crippen molar-refractivity contribution in [2.24, 2.45) is 4.99 Å². The van der Waals surface area contributed by atoms with Gasteiger partial charge < -0.3 is 20.0 Å². The molecule has 6 nitrogen and oxygen atoms in total. The minimum absolute atomic E-state index is 0. The molecule has 2 fully saturated rings. The zero-order valence-corrected chi connectivity index (χ0v) is 21.0. The van der Waals surface area contributed by atoms with Gasteiger partial charge in [0.1, 0.15) is 5.76 Å². The number of hydrogen-bond donors (Lipinski definition) is 2. The quantitative estimate of drug-likeness (QED) is 0.308. The van der Waals surface area contributed by atoms with Gasteiger partial charge in [-0.1, -0.05) is 12.1 Å². The Morgan fingerprint density at radius 2 is 1.81 bits per heavy atom. The number of nitrogens with zero attached hydrogens (tertiary/aromatic N) is 3. The molecule has 2 unspecified atom stereocenters. The lowest BCUT2D eigenvalue weighted by Gasteiger charge is -2.27. The number of benzene rings is 1. The first-order valence-corrected chi connectivity index (χ1v) is 11.3. The Balaban J connectivity index is 0.00000272. The number of hydrogen-bond acceptors (Lipinski definition) is 4. The van der Waals surface area contributed by atoms with Crippen LogP contribution in [0.5, 0.6) is 0 Å². The SMILES string of the molecule is CN=C(NCC(c1ccco1)N1CCCC1)NC(C)c1cccc(N2CCCC2)c1.I. The van der Waals surface area contributed by atoms with Gasteiger partial charge in [-0.25, -0.2) is 0 Å². The number of aliphatic imine (C=N–C) groups is 1. The molecule has 0 radical (unpaired) electrons. The van der Waals surface area contributed by atoms with Gasteiger partial charge in [-0.2, -0.15) is 0 Å². The van der Waals surface area contributed by atoms with Crippen LogP contribution in [0, 0.1) is 0 Å². The summed E-state index contributed by atoms with van der Waals surface area (Å²) in [6.45, 7) is 7.55. The first kappa shape index (κ1) is 23.9. The van der Waals surface area contributed by atoms with E-state index in [4.69, 9.17) is 4.42 Å². The Morgan fingerprint density at radius 1 is 1.06 bits per heavy atom. The van der Waals surface area contributed by atoms with Crippen LogP contribution < -0.4 is 15.5 Å². The van der Waals surface area contributed by atoms with E-state index >= 15 is 0 Å². The van der Waals surface area contributed by atoms with Gasteiger partial charge >= 0.3 is 0 Å². The second kappa shape index (κ2) is 11.8. The van der Waals surface area contributed by atoms with Gasteiger partial charge in [-0.3, -0.25) is 9.89 Å². The van der Waals surface area contributed by atoms with Crippen molar-refractivity contribution in [3.8, 4) is 0 Å². The van der Waals surface area contributed by atoms with E-state index in [0.717, 1.165) is 31.4 Å². The molecule has 4 rings (SSSR count). The molecule has 2 aliphatic rings. The van der Waals surface area contributed by atoms with Crippen LogP contribution in [0.1, 0.15) is 56.0 Å². The van der Waals surface area contributed by atoms with E-state index in [9.17, 15) is 0 Å². The van der Waals surface area contributed by atoms with Crippen LogP contribution in [0.15, 0.2) is 52.1 Å². The second-order valence-electron chi connectivity index (χ2n) is 8.38. The van der Waals surface area contributed by atoms with Gasteiger partial charge in [0, 0.05) is 32.4 Å². The van der Waals surface area contributed by atoms with Gasteiger partial charge in [0.05, 0.1) is 18.3 Å². The minimum atomic E-state index is 0. The molecule has 2 aliphatic heterocycles. The summed E-state index contributed by atoms with van der Waals surface area (Å²) in [4.78, 5) is 9.45. The highest BCUT2D eigenvalue weighted by Crippen LogP contribution is 2.26. The normalized spacial score (nSPS) is 19.2. The molecule has 2 atom stereocenters. The van der Waals surface area contributed by atoms with Crippen LogP contribution in [0.2, 0.25) is 0 Å². The molecule has 31 heavy (non-hydrogen) atoms. The fourth-order valence-electron chi connectivity index (χ4n) is 4.59. The topological polar surface area (TPSA) is 56.0 Å². The molecule has 7 heteroatoms. The van der Waals surface area contributed by atoms with Crippen LogP contribution in [0.25, 0.3) is 0 Å². The van der Waals surface area contributed by atoms with Crippen LogP contribution in [0.4, 0.5) is 5.69 Å². The van der Waals surface area contributed by atoms with E-state index in [-0.39, 0.29) is 36.1 Å². The zero-order valence-electron chi connectivity index (χ0n) is 18.7. The highest BCUT2D eigenvalue weighted by Gasteiger charge is 2.26. The third-order valence-electron chi connectivity index (χ3n) is 6.33. The number of rotatable bonds is 7. The highest BCUT2D eigenvalue weighted by atomic mass is 127.